The molecule has 0 unspecified atom stereocenters. The number of primary amides is 2. The van der Waals surface area contributed by atoms with E-state index in [0.717, 1.165) is 5.56 Å². The van der Waals surface area contributed by atoms with E-state index in [2.05, 4.69) is 22.9 Å². The molecule has 0 saturated heterocycles. The average Bonchev–Trinajstić information content (AvgIpc) is 3.40. The van der Waals surface area contributed by atoms with Gasteiger partial charge in [0.2, 0.25) is 11.0 Å². The van der Waals surface area contributed by atoms with E-state index in [9.17, 15) is 9.59 Å². The fourth-order valence-corrected chi connectivity index (χ4v) is 3.55. The third-order valence-electron chi connectivity index (χ3n) is 4.87. The summed E-state index contributed by atoms with van der Waals surface area (Å²) in [5.41, 5.74) is 18.4. The smallest absolute Gasteiger partial charge is 0.250 e. The molecule has 9 heteroatoms. The lowest BCUT2D eigenvalue weighted by Crippen LogP contribution is -2.41. The molecule has 8 nitrogen and oxygen atoms in total. The number of anilines is 1. The summed E-state index contributed by atoms with van der Waals surface area (Å²) in [6.45, 7) is 2.08. The number of rotatable bonds is 9. The number of nitrogens with two attached hydrogens (primary N) is 3. The maximum Gasteiger partial charge on any atom is 0.250 e. The van der Waals surface area contributed by atoms with Crippen molar-refractivity contribution in [3.8, 4) is 0 Å². The molecule has 2 atom stereocenters. The van der Waals surface area contributed by atoms with Crippen LogP contribution in [0.25, 0.3) is 0 Å². The summed E-state index contributed by atoms with van der Waals surface area (Å²) in [6, 6.07) is 14.5. The fourth-order valence-electron chi connectivity index (χ4n) is 3.20. The van der Waals surface area contributed by atoms with E-state index in [-0.39, 0.29) is 11.7 Å². The van der Waals surface area contributed by atoms with Crippen LogP contribution >= 0.6 is 0 Å². The van der Waals surface area contributed by atoms with Gasteiger partial charge in [0.25, 0.3) is 5.91 Å². The first-order valence-corrected chi connectivity index (χ1v) is 10.1. The minimum atomic E-state index is -1.03. The molecule has 1 fully saturated rings. The Morgan fingerprint density at radius 3 is 2.55 bits per heavy atom. The van der Waals surface area contributed by atoms with Crippen LogP contribution in [0.1, 0.15) is 29.3 Å². The summed E-state index contributed by atoms with van der Waals surface area (Å²) in [5, 5.41) is 3.58. The normalized spacial score (nSPS) is 20.9. The summed E-state index contributed by atoms with van der Waals surface area (Å²) in [6.07, 6.45) is 1.66. The van der Waals surface area contributed by atoms with Crippen molar-refractivity contribution in [1.29, 1.82) is 0 Å². The molecule has 0 spiro atoms. The lowest BCUT2D eigenvalue weighted by molar-refractivity contribution is -0.120. The number of hydrogen-bond acceptors (Lipinski definition) is 6. The Kier molecular flexibility index (Phi) is 6.67. The number of aliphatic imine (C=N–C) groups is 1. The molecule has 1 saturated carbocycles. The van der Waals surface area contributed by atoms with Crippen molar-refractivity contribution < 1.29 is 14.3 Å². The molecule has 162 valence electrons. The van der Waals surface area contributed by atoms with Crippen molar-refractivity contribution in [3.63, 3.8) is 0 Å². The lowest BCUT2D eigenvalue weighted by Gasteiger charge is -2.18. The molecule has 31 heavy (non-hydrogen) atoms. The molecule has 0 aromatic heterocycles. The van der Waals surface area contributed by atoms with Crippen LogP contribution in [-0.4, -0.2) is 28.5 Å². The minimum Gasteiger partial charge on any atom is -0.402 e. The molecule has 0 radical (unpaired) electrons. The first-order chi connectivity index (χ1) is 14.7. The van der Waals surface area contributed by atoms with Crippen molar-refractivity contribution >= 4 is 40.9 Å². The Morgan fingerprint density at radius 2 is 1.94 bits per heavy atom. The molecule has 7 N–H and O–H groups in total. The largest absolute Gasteiger partial charge is 0.402 e. The van der Waals surface area contributed by atoms with Crippen LogP contribution in [0, 0.1) is 0 Å². The number of benzene rings is 2. The SMILES string of the molecule is CC(N)=CC([SH2+])=Nc1cc(N[C@@]2(C(N)=O)C[C@@H]2OCc2ccccc2)ccc1C(N)=O. The van der Waals surface area contributed by atoms with E-state index in [1.54, 1.807) is 31.2 Å². The zero-order valence-corrected chi connectivity index (χ0v) is 18.1. The monoisotopic (exact) mass is 440 g/mol. The van der Waals surface area contributed by atoms with E-state index >= 15 is 0 Å². The molecule has 1 aliphatic carbocycles. The first-order valence-electron chi connectivity index (χ1n) is 9.63. The maximum absolute atomic E-state index is 12.2. The standard InChI is InChI=1S/C22H25N5O3S/c1-13(23)9-19(31)26-17-10-15(7-8-16(17)20(24)28)27-22(21(25)29)11-18(22)30-12-14-5-3-2-4-6-14/h2-10,18,27H,11-12,23H2,1H3,(H2,24,28)(H2,25,29)(H,26,31)/p+1/t18-,22-/m0/s1. The van der Waals surface area contributed by atoms with Crippen LogP contribution in [0.15, 0.2) is 65.3 Å². The number of ether oxygens (including phenoxy) is 1. The topological polar surface area (TPSA) is 146 Å². The van der Waals surface area contributed by atoms with E-state index in [0.29, 0.717) is 35.1 Å². The summed E-state index contributed by atoms with van der Waals surface area (Å²) in [7, 11) is 0. The van der Waals surface area contributed by atoms with Crippen LogP contribution in [0.5, 0.6) is 0 Å². The molecular weight excluding hydrogens is 414 g/mol. The predicted molar refractivity (Wildman–Crippen MR) is 125 cm³/mol. The second-order valence-corrected chi connectivity index (χ2v) is 7.94. The van der Waals surface area contributed by atoms with Gasteiger partial charge in [-0.2, -0.15) is 0 Å². The minimum absolute atomic E-state index is 0.227. The van der Waals surface area contributed by atoms with Crippen molar-refractivity contribution in [2.24, 2.45) is 22.2 Å². The van der Waals surface area contributed by atoms with Crippen LogP contribution < -0.4 is 22.5 Å². The maximum atomic E-state index is 12.2. The lowest BCUT2D eigenvalue weighted by atomic mass is 10.1. The van der Waals surface area contributed by atoms with Crippen molar-refractivity contribution in [1.82, 2.24) is 0 Å². The van der Waals surface area contributed by atoms with Gasteiger partial charge in [0.1, 0.15) is 5.54 Å². The molecular formula is C22H26N5O3S+. The van der Waals surface area contributed by atoms with Crippen LogP contribution in [0.3, 0.4) is 0 Å². The van der Waals surface area contributed by atoms with Crippen LogP contribution in [0.2, 0.25) is 0 Å². The van der Waals surface area contributed by atoms with E-state index < -0.39 is 17.4 Å². The highest BCUT2D eigenvalue weighted by molar-refractivity contribution is 7.78. The highest BCUT2D eigenvalue weighted by atomic mass is 32.1. The zero-order valence-electron chi connectivity index (χ0n) is 17.1. The number of amides is 2. The Morgan fingerprint density at radius 1 is 1.23 bits per heavy atom. The first kappa shape index (κ1) is 22.4. The molecule has 0 bridgehead atoms. The van der Waals surface area contributed by atoms with Gasteiger partial charge in [-0.25, -0.2) is 4.99 Å². The highest BCUT2D eigenvalue weighted by Crippen LogP contribution is 2.43. The van der Waals surface area contributed by atoms with Crippen molar-refractivity contribution in [2.75, 3.05) is 5.32 Å². The second-order valence-electron chi connectivity index (χ2n) is 7.43. The quantitative estimate of drug-likeness (QED) is 0.264. The number of nitrogens with zero attached hydrogens (tertiary/aromatic N) is 1. The van der Waals surface area contributed by atoms with Crippen molar-refractivity contribution in [2.45, 2.75) is 31.6 Å². The number of hydrogen-bond donors (Lipinski definition) is 4. The molecule has 2 amide bonds. The average molecular weight is 441 g/mol. The fraction of sp³-hybridized carbons (Fsp3) is 0.227. The van der Waals surface area contributed by atoms with E-state index in [1.807, 2.05) is 30.3 Å². The summed E-state index contributed by atoms with van der Waals surface area (Å²) in [5.74, 6) is -1.14. The van der Waals surface area contributed by atoms with Gasteiger partial charge in [-0.05, 0) is 30.7 Å². The van der Waals surface area contributed by atoms with Crippen LogP contribution in [0.4, 0.5) is 11.4 Å². The molecule has 0 aliphatic heterocycles. The van der Waals surface area contributed by atoms with Crippen LogP contribution in [-0.2, 0) is 28.8 Å². The van der Waals surface area contributed by atoms with Gasteiger partial charge in [0, 0.05) is 36.5 Å². The Balaban J connectivity index is 1.81. The third-order valence-corrected chi connectivity index (χ3v) is 5.12. The Hall–Kier alpha value is -3.30. The van der Waals surface area contributed by atoms with Gasteiger partial charge >= 0.3 is 0 Å². The molecule has 3 rings (SSSR count). The van der Waals surface area contributed by atoms with Gasteiger partial charge in [0.15, 0.2) is 0 Å². The summed E-state index contributed by atoms with van der Waals surface area (Å²) < 4.78 is 5.89. The Labute approximate surface area is 185 Å². The number of carbonyl (C=O) groups is 2. The summed E-state index contributed by atoms with van der Waals surface area (Å²) >= 11 is 3.36. The van der Waals surface area contributed by atoms with Gasteiger partial charge in [-0.15, -0.1) is 0 Å². The third kappa shape index (κ3) is 5.44. The van der Waals surface area contributed by atoms with Gasteiger partial charge in [0.05, 0.1) is 24.0 Å². The van der Waals surface area contributed by atoms with E-state index in [4.69, 9.17) is 21.9 Å². The zero-order chi connectivity index (χ0) is 22.6. The Bertz CT molecular complexity index is 1050. The number of carbonyl (C=O) groups excluding carboxylic acids is 2. The van der Waals surface area contributed by atoms with Crippen molar-refractivity contribution in [3.05, 3.63) is 71.4 Å². The van der Waals surface area contributed by atoms with Gasteiger partial charge in [-0.3, -0.25) is 9.59 Å². The summed E-state index contributed by atoms with van der Waals surface area (Å²) in [4.78, 5) is 28.4. The van der Waals surface area contributed by atoms with E-state index in [1.165, 1.54) is 0 Å². The second kappa shape index (κ2) is 9.23. The number of nitrogens with one attached hydrogen (secondary N) is 1. The van der Waals surface area contributed by atoms with Gasteiger partial charge in [-0.1, -0.05) is 30.3 Å². The molecule has 1 aliphatic rings. The molecule has 2 aromatic rings. The number of allylic oxidation sites excluding steroid dienone is 1. The molecule has 2 aromatic carbocycles. The highest BCUT2D eigenvalue weighted by Gasteiger charge is 2.61. The van der Waals surface area contributed by atoms with Gasteiger partial charge < -0.3 is 27.3 Å². The predicted octanol–water partition coefficient (Wildman–Crippen LogP) is 1.31. The molecule has 0 heterocycles.